The topological polar surface area (TPSA) is 76.4 Å². The Bertz CT molecular complexity index is 606. The molecule has 118 valence electrons. The average Bonchev–Trinajstić information content (AvgIpc) is 2.49. The normalized spacial score (nSPS) is 19.1. The van der Waals surface area contributed by atoms with Crippen molar-refractivity contribution >= 4 is 29.3 Å². The molecule has 1 aromatic rings. The molecular weight excluding hydrogens is 305 g/mol. The summed E-state index contributed by atoms with van der Waals surface area (Å²) in [5.74, 6) is -0.778. The lowest BCUT2D eigenvalue weighted by molar-refractivity contribution is -0.104. The van der Waals surface area contributed by atoms with Crippen LogP contribution in [0.5, 0.6) is 5.75 Å². The molecule has 0 radical (unpaired) electrons. The average molecular weight is 323 g/mol. The zero-order chi connectivity index (χ0) is 16.1. The van der Waals surface area contributed by atoms with E-state index < -0.39 is 5.82 Å². The quantitative estimate of drug-likeness (QED) is 0.343. The van der Waals surface area contributed by atoms with Gasteiger partial charge in [-0.2, -0.15) is 0 Å². The lowest BCUT2D eigenvalue weighted by Gasteiger charge is -2.35. The first kappa shape index (κ1) is 16.5. The first-order valence-corrected chi connectivity index (χ1v) is 7.72. The minimum atomic E-state index is -0.544. The monoisotopic (exact) mass is 323 g/mol. The predicted molar refractivity (Wildman–Crippen MR) is 86.5 cm³/mol. The Kier molecular flexibility index (Phi) is 5.57. The number of hydrogen-bond donors (Lipinski definition) is 3. The minimum absolute atomic E-state index is 0.181. The van der Waals surface area contributed by atoms with Gasteiger partial charge in [0.1, 0.15) is 11.6 Å². The van der Waals surface area contributed by atoms with Crippen molar-refractivity contribution in [3.05, 3.63) is 34.5 Å². The summed E-state index contributed by atoms with van der Waals surface area (Å²) in [4.78, 5) is 13.4. The molecule has 22 heavy (non-hydrogen) atoms. The highest BCUT2D eigenvalue weighted by molar-refractivity contribution is 8.17. The van der Waals surface area contributed by atoms with Gasteiger partial charge in [0, 0.05) is 37.3 Å². The number of allylic oxidation sites excluding steroid dienone is 1. The summed E-state index contributed by atoms with van der Waals surface area (Å²) in [7, 11) is 0. The number of piperazine rings is 1. The highest BCUT2D eigenvalue weighted by Gasteiger charge is 2.21. The summed E-state index contributed by atoms with van der Waals surface area (Å²) < 4.78 is 13.0. The molecule has 0 bridgehead atoms. The number of halogens is 1. The van der Waals surface area contributed by atoms with Crippen molar-refractivity contribution in [1.29, 1.82) is 5.41 Å². The fourth-order valence-corrected chi connectivity index (χ4v) is 3.04. The van der Waals surface area contributed by atoms with Crippen LogP contribution in [0.4, 0.5) is 4.39 Å². The molecule has 0 unspecified atom stereocenters. The van der Waals surface area contributed by atoms with Crippen molar-refractivity contribution in [2.75, 3.05) is 19.6 Å². The minimum Gasteiger partial charge on any atom is -0.507 e. The lowest BCUT2D eigenvalue weighted by atomic mass is 10.2. The number of phenols is 1. The molecule has 1 aliphatic rings. The molecule has 1 saturated heterocycles. The second-order valence-corrected chi connectivity index (χ2v) is 6.08. The summed E-state index contributed by atoms with van der Waals surface area (Å²) in [6, 6.07) is 3.78. The fourth-order valence-electron chi connectivity index (χ4n) is 2.19. The smallest absolute Gasteiger partial charge is 0.161 e. The summed E-state index contributed by atoms with van der Waals surface area (Å²) in [5, 5.41) is 21.3. The van der Waals surface area contributed by atoms with E-state index >= 15 is 0 Å². The number of carbonyl (C=O) groups excluding carboxylic acids is 1. The van der Waals surface area contributed by atoms with Crippen molar-refractivity contribution in [3.8, 4) is 5.75 Å². The fraction of sp³-hybridized carbons (Fsp3) is 0.333. The number of nitrogens with one attached hydrogen (secondary N) is 2. The van der Waals surface area contributed by atoms with Crippen LogP contribution >= 0.6 is 11.8 Å². The van der Waals surface area contributed by atoms with Gasteiger partial charge in [0.05, 0.1) is 4.91 Å². The molecule has 2 rings (SSSR count). The zero-order valence-corrected chi connectivity index (χ0v) is 13.0. The maximum absolute atomic E-state index is 13.0. The van der Waals surface area contributed by atoms with E-state index in [4.69, 9.17) is 5.41 Å². The van der Waals surface area contributed by atoms with Crippen LogP contribution in [0.25, 0.3) is 6.08 Å². The van der Waals surface area contributed by atoms with Crippen LogP contribution in [0.3, 0.4) is 0 Å². The Labute approximate surface area is 132 Å². The van der Waals surface area contributed by atoms with Gasteiger partial charge in [0.15, 0.2) is 11.5 Å². The van der Waals surface area contributed by atoms with E-state index in [0.717, 1.165) is 30.9 Å². The molecule has 0 saturated carbocycles. The van der Waals surface area contributed by atoms with Crippen LogP contribution in [0, 0.1) is 11.2 Å². The Morgan fingerprint density at radius 2 is 2.36 bits per heavy atom. The van der Waals surface area contributed by atoms with Gasteiger partial charge in [-0.3, -0.25) is 10.2 Å². The van der Waals surface area contributed by atoms with Gasteiger partial charge in [-0.1, -0.05) is 0 Å². The number of benzene rings is 1. The van der Waals surface area contributed by atoms with Gasteiger partial charge >= 0.3 is 0 Å². The van der Waals surface area contributed by atoms with Crippen molar-refractivity contribution in [2.24, 2.45) is 0 Å². The summed E-state index contributed by atoms with van der Waals surface area (Å²) in [5.41, 5.74) is 0.345. The molecule has 1 heterocycles. The van der Waals surface area contributed by atoms with Gasteiger partial charge in [-0.05, 0) is 36.9 Å². The number of aromatic hydroxyl groups is 1. The van der Waals surface area contributed by atoms with Crippen LogP contribution in [-0.4, -0.2) is 47.1 Å². The maximum Gasteiger partial charge on any atom is 0.161 e. The largest absolute Gasteiger partial charge is 0.507 e. The van der Waals surface area contributed by atoms with Crippen LogP contribution in [-0.2, 0) is 4.79 Å². The number of nitrogens with zero attached hydrogens (tertiary/aromatic N) is 1. The standard InChI is InChI=1S/C15H18FN3O2S/c1-10-8-18-4-5-19(10)15(17)22-13(9-20)6-11-2-3-12(16)7-14(11)21/h2-3,6-7,9-10,17-18,21H,4-5,8H2,1H3/b13-6-,17-15?/t10-/m0/s1. The molecular formula is C15H18FN3O2S. The SMILES string of the molecule is C[C@H]1CNCCN1C(=N)S/C(C=O)=C\c1ccc(F)cc1O. The molecule has 7 heteroatoms. The molecule has 5 nitrogen and oxygen atoms in total. The van der Waals surface area contributed by atoms with Crippen LogP contribution < -0.4 is 5.32 Å². The number of hydrogen-bond acceptors (Lipinski definition) is 5. The molecule has 0 aromatic heterocycles. The van der Waals surface area contributed by atoms with E-state index in [1.54, 1.807) is 0 Å². The van der Waals surface area contributed by atoms with E-state index in [2.05, 4.69) is 5.32 Å². The zero-order valence-electron chi connectivity index (χ0n) is 12.2. The molecule has 1 fully saturated rings. The Hall–Kier alpha value is -1.86. The number of carbonyl (C=O) groups is 1. The molecule has 1 atom stereocenters. The van der Waals surface area contributed by atoms with Crippen molar-refractivity contribution < 1.29 is 14.3 Å². The summed E-state index contributed by atoms with van der Waals surface area (Å²) in [6.07, 6.45) is 2.09. The highest BCUT2D eigenvalue weighted by Crippen LogP contribution is 2.26. The maximum atomic E-state index is 13.0. The molecule has 1 aromatic carbocycles. The number of rotatable bonds is 3. The van der Waals surface area contributed by atoms with E-state index in [1.165, 1.54) is 18.2 Å². The Morgan fingerprint density at radius 3 is 3.00 bits per heavy atom. The van der Waals surface area contributed by atoms with Gasteiger partial charge in [0.25, 0.3) is 0 Å². The molecule has 3 N–H and O–H groups in total. The van der Waals surface area contributed by atoms with E-state index in [0.29, 0.717) is 18.4 Å². The first-order valence-electron chi connectivity index (χ1n) is 6.90. The van der Waals surface area contributed by atoms with E-state index in [9.17, 15) is 14.3 Å². The van der Waals surface area contributed by atoms with Crippen molar-refractivity contribution in [2.45, 2.75) is 13.0 Å². The number of amidine groups is 1. The van der Waals surface area contributed by atoms with Gasteiger partial charge in [0.2, 0.25) is 0 Å². The second-order valence-electron chi connectivity index (χ2n) is 5.02. The number of thioether (sulfide) groups is 1. The predicted octanol–water partition coefficient (Wildman–Crippen LogP) is 2.03. The molecule has 0 spiro atoms. The van der Waals surface area contributed by atoms with E-state index in [1.807, 2.05) is 11.8 Å². The molecule has 0 amide bonds. The van der Waals surface area contributed by atoms with Crippen molar-refractivity contribution in [1.82, 2.24) is 10.2 Å². The number of phenolic OH excluding ortho intramolecular Hbond substituents is 1. The highest BCUT2D eigenvalue weighted by atomic mass is 32.2. The van der Waals surface area contributed by atoms with Gasteiger partial charge in [-0.15, -0.1) is 0 Å². The van der Waals surface area contributed by atoms with Crippen molar-refractivity contribution in [3.63, 3.8) is 0 Å². The third kappa shape index (κ3) is 4.08. The number of aldehydes is 1. The summed E-state index contributed by atoms with van der Waals surface area (Å²) >= 11 is 1.03. The third-order valence-corrected chi connectivity index (χ3v) is 4.26. The van der Waals surface area contributed by atoms with Crippen LogP contribution in [0.2, 0.25) is 0 Å². The summed E-state index contributed by atoms with van der Waals surface area (Å²) in [6.45, 7) is 4.31. The van der Waals surface area contributed by atoms with Crippen LogP contribution in [0.15, 0.2) is 23.1 Å². The first-order chi connectivity index (χ1) is 10.5. The van der Waals surface area contributed by atoms with Gasteiger partial charge in [-0.25, -0.2) is 4.39 Å². The lowest BCUT2D eigenvalue weighted by Crippen LogP contribution is -2.51. The third-order valence-electron chi connectivity index (χ3n) is 3.38. The van der Waals surface area contributed by atoms with Crippen LogP contribution in [0.1, 0.15) is 12.5 Å². The second kappa shape index (κ2) is 7.42. The molecule has 0 aliphatic carbocycles. The Morgan fingerprint density at radius 1 is 1.59 bits per heavy atom. The molecule has 1 aliphatic heterocycles. The Balaban J connectivity index is 2.12. The van der Waals surface area contributed by atoms with Gasteiger partial charge < -0.3 is 15.3 Å². The van der Waals surface area contributed by atoms with E-state index in [-0.39, 0.29) is 21.9 Å².